The van der Waals surface area contributed by atoms with Crippen LogP contribution in [0.1, 0.15) is 52.4 Å². The van der Waals surface area contributed by atoms with E-state index >= 15 is 0 Å². The quantitative estimate of drug-likeness (QED) is 0.589. The molecule has 1 fully saturated rings. The molecule has 1 rings (SSSR count). The molecule has 72 valence electrons. The van der Waals surface area contributed by atoms with Crippen molar-refractivity contribution in [3.8, 4) is 0 Å². The lowest BCUT2D eigenvalue weighted by Crippen LogP contribution is -2.08. The standard InChI is InChI=1S/C11H24Si/c1-3-5-6-10-8-7-9(4-2)11(10)12/h9-11H,3-8H2,1-2,12H3. The van der Waals surface area contributed by atoms with Crippen LogP contribution in [0.4, 0.5) is 0 Å². The van der Waals surface area contributed by atoms with E-state index in [2.05, 4.69) is 13.8 Å². The van der Waals surface area contributed by atoms with Crippen molar-refractivity contribution in [2.24, 2.45) is 11.8 Å². The van der Waals surface area contributed by atoms with Gasteiger partial charge in [0.05, 0.1) is 0 Å². The van der Waals surface area contributed by atoms with Gasteiger partial charge in [-0.25, -0.2) is 0 Å². The molecule has 0 heterocycles. The van der Waals surface area contributed by atoms with Gasteiger partial charge >= 0.3 is 0 Å². The molecule has 0 saturated heterocycles. The van der Waals surface area contributed by atoms with E-state index in [1.165, 1.54) is 35.9 Å². The summed E-state index contributed by atoms with van der Waals surface area (Å²) in [6.45, 7) is 4.69. The first kappa shape index (κ1) is 10.3. The van der Waals surface area contributed by atoms with Crippen molar-refractivity contribution in [2.75, 3.05) is 0 Å². The van der Waals surface area contributed by atoms with Crippen LogP contribution in [0.25, 0.3) is 0 Å². The van der Waals surface area contributed by atoms with E-state index in [0.29, 0.717) is 0 Å². The maximum absolute atomic E-state index is 2.37. The highest BCUT2D eigenvalue weighted by atomic mass is 28.1. The minimum absolute atomic E-state index is 1.11. The molecular weight excluding hydrogens is 160 g/mol. The van der Waals surface area contributed by atoms with Crippen molar-refractivity contribution < 1.29 is 0 Å². The summed E-state index contributed by atoms with van der Waals surface area (Å²) in [5, 5.41) is 0. The third-order valence-electron chi connectivity index (χ3n) is 3.85. The Labute approximate surface area is 80.6 Å². The van der Waals surface area contributed by atoms with E-state index < -0.39 is 0 Å². The van der Waals surface area contributed by atoms with E-state index in [1.807, 2.05) is 0 Å². The van der Waals surface area contributed by atoms with Gasteiger partial charge in [0.15, 0.2) is 0 Å². The average Bonchev–Trinajstić information content (AvgIpc) is 2.43. The molecule has 1 aliphatic carbocycles. The van der Waals surface area contributed by atoms with Crippen LogP contribution in [-0.4, -0.2) is 10.2 Å². The second kappa shape index (κ2) is 5.06. The van der Waals surface area contributed by atoms with Gasteiger partial charge in [-0.3, -0.25) is 0 Å². The summed E-state index contributed by atoms with van der Waals surface area (Å²) in [5.41, 5.74) is 1.15. The Morgan fingerprint density at radius 2 is 1.83 bits per heavy atom. The lowest BCUT2D eigenvalue weighted by atomic mass is 9.97. The summed E-state index contributed by atoms with van der Waals surface area (Å²) < 4.78 is 0. The highest BCUT2D eigenvalue weighted by molar-refractivity contribution is 6.12. The van der Waals surface area contributed by atoms with Crippen LogP contribution in [0.5, 0.6) is 0 Å². The summed E-state index contributed by atoms with van der Waals surface area (Å²) in [6.07, 6.45) is 8.92. The Balaban J connectivity index is 2.28. The fourth-order valence-corrected chi connectivity index (χ4v) is 4.26. The van der Waals surface area contributed by atoms with E-state index in [1.54, 1.807) is 12.8 Å². The van der Waals surface area contributed by atoms with Crippen LogP contribution >= 0.6 is 0 Å². The first-order valence-corrected chi connectivity index (χ1v) is 6.95. The third kappa shape index (κ3) is 2.35. The number of hydrogen-bond donors (Lipinski definition) is 0. The van der Waals surface area contributed by atoms with Crippen molar-refractivity contribution >= 4 is 10.2 Å². The summed E-state index contributed by atoms with van der Waals surface area (Å²) in [4.78, 5) is 0. The normalized spacial score (nSPS) is 36.0. The maximum atomic E-state index is 2.37. The van der Waals surface area contributed by atoms with Gasteiger partial charge in [-0.05, 0) is 17.4 Å². The Bertz CT molecular complexity index is 122. The van der Waals surface area contributed by atoms with Crippen LogP contribution in [-0.2, 0) is 0 Å². The molecule has 1 aliphatic rings. The predicted molar refractivity (Wildman–Crippen MR) is 59.7 cm³/mol. The van der Waals surface area contributed by atoms with Crippen molar-refractivity contribution in [3.05, 3.63) is 0 Å². The van der Waals surface area contributed by atoms with Crippen LogP contribution in [0, 0.1) is 11.8 Å². The Kier molecular flexibility index (Phi) is 4.34. The van der Waals surface area contributed by atoms with Gasteiger partial charge in [-0.15, -0.1) is 0 Å². The zero-order valence-electron chi connectivity index (χ0n) is 8.97. The number of unbranched alkanes of at least 4 members (excludes halogenated alkanes) is 1. The molecule has 1 saturated carbocycles. The molecule has 0 N–H and O–H groups in total. The van der Waals surface area contributed by atoms with Crippen LogP contribution < -0.4 is 0 Å². The fraction of sp³-hybridized carbons (Fsp3) is 1.00. The SMILES string of the molecule is CCCCC1CCC(CC)C1[SiH3]. The second-order valence-corrected chi connectivity index (χ2v) is 5.84. The Morgan fingerprint density at radius 1 is 1.17 bits per heavy atom. The maximum Gasteiger partial charge on any atom is 0.00743 e. The van der Waals surface area contributed by atoms with E-state index in [9.17, 15) is 0 Å². The van der Waals surface area contributed by atoms with Gasteiger partial charge in [0.25, 0.3) is 0 Å². The smallest absolute Gasteiger partial charge is 0.00743 e. The van der Waals surface area contributed by atoms with E-state index in [-0.39, 0.29) is 0 Å². The van der Waals surface area contributed by atoms with Crippen LogP contribution in [0.15, 0.2) is 0 Å². The Hall–Kier alpha value is 0.217. The van der Waals surface area contributed by atoms with E-state index in [4.69, 9.17) is 0 Å². The largest absolute Gasteiger partial charge is 0.0654 e. The lowest BCUT2D eigenvalue weighted by Gasteiger charge is -2.19. The zero-order valence-corrected chi connectivity index (χ0v) is 11.0. The molecule has 0 aliphatic heterocycles. The predicted octanol–water partition coefficient (Wildman–Crippen LogP) is 2.77. The van der Waals surface area contributed by atoms with Gasteiger partial charge in [0, 0.05) is 10.2 Å². The first-order valence-electron chi connectivity index (χ1n) is 5.79. The van der Waals surface area contributed by atoms with Crippen LogP contribution in [0.3, 0.4) is 0 Å². The van der Waals surface area contributed by atoms with Gasteiger partial charge in [-0.2, -0.15) is 0 Å². The number of hydrogen-bond acceptors (Lipinski definition) is 0. The molecule has 0 amide bonds. The zero-order chi connectivity index (χ0) is 8.97. The second-order valence-electron chi connectivity index (χ2n) is 4.51. The third-order valence-corrected chi connectivity index (χ3v) is 5.73. The molecule has 0 radical (unpaired) electrons. The molecule has 0 aromatic heterocycles. The minimum Gasteiger partial charge on any atom is -0.0654 e. The molecule has 3 atom stereocenters. The molecule has 0 aromatic rings. The summed E-state index contributed by atoms with van der Waals surface area (Å²) >= 11 is 0. The lowest BCUT2D eigenvalue weighted by molar-refractivity contribution is 0.444. The van der Waals surface area contributed by atoms with Crippen molar-refractivity contribution in [3.63, 3.8) is 0 Å². The molecule has 0 nitrogen and oxygen atoms in total. The van der Waals surface area contributed by atoms with Gasteiger partial charge in [0.2, 0.25) is 0 Å². The highest BCUT2D eigenvalue weighted by Gasteiger charge is 2.30. The van der Waals surface area contributed by atoms with Gasteiger partial charge in [-0.1, -0.05) is 52.4 Å². The molecule has 0 bridgehead atoms. The number of rotatable bonds is 4. The van der Waals surface area contributed by atoms with Gasteiger partial charge < -0.3 is 0 Å². The molecular formula is C11H24Si. The van der Waals surface area contributed by atoms with Gasteiger partial charge in [0.1, 0.15) is 0 Å². The molecule has 0 spiro atoms. The molecule has 3 unspecified atom stereocenters. The summed E-state index contributed by atoms with van der Waals surface area (Å²) in [5.74, 6) is 2.24. The summed E-state index contributed by atoms with van der Waals surface area (Å²) in [7, 11) is 1.45. The van der Waals surface area contributed by atoms with Crippen molar-refractivity contribution in [1.82, 2.24) is 0 Å². The monoisotopic (exact) mass is 184 g/mol. The van der Waals surface area contributed by atoms with Crippen molar-refractivity contribution in [1.29, 1.82) is 0 Å². The summed E-state index contributed by atoms with van der Waals surface area (Å²) in [6, 6.07) is 0. The van der Waals surface area contributed by atoms with E-state index in [0.717, 1.165) is 17.4 Å². The molecule has 0 aromatic carbocycles. The first-order chi connectivity index (χ1) is 5.79. The minimum atomic E-state index is 1.11. The molecule has 12 heavy (non-hydrogen) atoms. The Morgan fingerprint density at radius 3 is 2.33 bits per heavy atom. The molecule has 1 heteroatoms. The average molecular weight is 184 g/mol. The van der Waals surface area contributed by atoms with Crippen LogP contribution in [0.2, 0.25) is 5.54 Å². The highest BCUT2D eigenvalue weighted by Crippen LogP contribution is 2.43. The topological polar surface area (TPSA) is 0 Å². The fourth-order valence-electron chi connectivity index (χ4n) is 2.79. The van der Waals surface area contributed by atoms with Crippen molar-refractivity contribution in [2.45, 2.75) is 57.9 Å².